The molecule has 3 nitrogen and oxygen atoms in total. The smallest absolute Gasteiger partial charge is 0.0752 e. The van der Waals surface area contributed by atoms with E-state index >= 15 is 0 Å². The highest BCUT2D eigenvalue weighted by Crippen LogP contribution is 2.22. The van der Waals surface area contributed by atoms with Crippen molar-refractivity contribution in [3.05, 3.63) is 50.4 Å². The van der Waals surface area contributed by atoms with E-state index in [1.807, 2.05) is 13.0 Å². The topological polar surface area (TPSA) is 37.5 Å². The van der Waals surface area contributed by atoms with Gasteiger partial charge in [0.25, 0.3) is 0 Å². The summed E-state index contributed by atoms with van der Waals surface area (Å²) >= 11 is 2.33. The van der Waals surface area contributed by atoms with Crippen LogP contribution in [0.25, 0.3) is 5.69 Å². The van der Waals surface area contributed by atoms with E-state index in [9.17, 15) is 0 Å². The van der Waals surface area contributed by atoms with Crippen LogP contribution in [0.1, 0.15) is 22.5 Å². The van der Waals surface area contributed by atoms with Gasteiger partial charge in [-0.25, -0.2) is 0 Å². The van der Waals surface area contributed by atoms with Crippen molar-refractivity contribution in [1.29, 1.82) is 0 Å². The second kappa shape index (κ2) is 5.14. The highest BCUT2D eigenvalue weighted by atomic mass is 127. The molecular weight excluding hydrogens is 339 g/mol. The average molecular weight is 354 g/mol. The number of oxime groups is 1. The van der Waals surface area contributed by atoms with Gasteiger partial charge in [0.2, 0.25) is 0 Å². The molecule has 0 atom stereocenters. The van der Waals surface area contributed by atoms with Gasteiger partial charge in [-0.05, 0) is 73.2 Å². The zero-order valence-corrected chi connectivity index (χ0v) is 12.8. The maximum Gasteiger partial charge on any atom is 0.0752 e. The number of aryl methyl sites for hydroxylation is 2. The Morgan fingerprint density at radius 3 is 2.56 bits per heavy atom. The van der Waals surface area contributed by atoms with E-state index in [0.29, 0.717) is 0 Å². The predicted octanol–water partition coefficient (Wildman–Crippen LogP) is 3.82. The second-order valence-corrected chi connectivity index (χ2v) is 5.50. The van der Waals surface area contributed by atoms with Crippen LogP contribution in [0.4, 0.5) is 0 Å². The lowest BCUT2D eigenvalue weighted by Crippen LogP contribution is -2.00. The van der Waals surface area contributed by atoms with Crippen molar-refractivity contribution in [1.82, 2.24) is 4.57 Å². The molecule has 1 aromatic carbocycles. The first-order chi connectivity index (χ1) is 8.54. The first-order valence-corrected chi connectivity index (χ1v) is 6.75. The third kappa shape index (κ3) is 2.29. The Morgan fingerprint density at radius 1 is 1.22 bits per heavy atom. The summed E-state index contributed by atoms with van der Waals surface area (Å²) in [5.74, 6) is 0. The van der Waals surface area contributed by atoms with Crippen LogP contribution in [-0.4, -0.2) is 16.0 Å². The molecule has 0 amide bonds. The van der Waals surface area contributed by atoms with Crippen LogP contribution in [0.15, 0.2) is 29.4 Å². The molecule has 0 spiro atoms. The van der Waals surface area contributed by atoms with Crippen LogP contribution in [0.5, 0.6) is 0 Å². The van der Waals surface area contributed by atoms with Crippen molar-refractivity contribution < 1.29 is 5.21 Å². The quantitative estimate of drug-likeness (QED) is 0.379. The van der Waals surface area contributed by atoms with Gasteiger partial charge in [0.15, 0.2) is 0 Å². The minimum absolute atomic E-state index is 0.936. The van der Waals surface area contributed by atoms with Gasteiger partial charge < -0.3 is 9.77 Å². The fourth-order valence-electron chi connectivity index (χ4n) is 2.15. The Kier molecular flexibility index (Phi) is 3.75. The number of hydrogen-bond acceptors (Lipinski definition) is 2. The third-order valence-corrected chi connectivity index (χ3v) is 4.28. The molecule has 0 radical (unpaired) electrons. The normalized spacial score (nSPS) is 11.3. The predicted molar refractivity (Wildman–Crippen MR) is 82.1 cm³/mol. The summed E-state index contributed by atoms with van der Waals surface area (Å²) in [7, 11) is 0. The minimum Gasteiger partial charge on any atom is -0.411 e. The standard InChI is InChI=1S/C14H15IN2O/c1-9-6-13(4-5-14(9)15)17-10(2)7-12(8-16-18)11(17)3/h4-8,18H,1-3H3. The van der Waals surface area contributed by atoms with Crippen LogP contribution < -0.4 is 0 Å². The highest BCUT2D eigenvalue weighted by molar-refractivity contribution is 14.1. The Morgan fingerprint density at radius 2 is 1.94 bits per heavy atom. The fraction of sp³-hybridized carbons (Fsp3) is 0.214. The van der Waals surface area contributed by atoms with Crippen LogP contribution in [0.3, 0.4) is 0 Å². The van der Waals surface area contributed by atoms with Crippen molar-refractivity contribution in [2.75, 3.05) is 0 Å². The van der Waals surface area contributed by atoms with Gasteiger partial charge in [-0.3, -0.25) is 0 Å². The van der Waals surface area contributed by atoms with Gasteiger partial charge >= 0.3 is 0 Å². The lowest BCUT2D eigenvalue weighted by Gasteiger charge is -2.11. The van der Waals surface area contributed by atoms with E-state index < -0.39 is 0 Å². The van der Waals surface area contributed by atoms with Crippen molar-refractivity contribution in [2.45, 2.75) is 20.8 Å². The van der Waals surface area contributed by atoms with Gasteiger partial charge in [-0.1, -0.05) is 5.16 Å². The molecule has 1 heterocycles. The number of benzene rings is 1. The summed E-state index contributed by atoms with van der Waals surface area (Å²) in [4.78, 5) is 0. The Hall–Kier alpha value is -1.30. The van der Waals surface area contributed by atoms with E-state index in [1.165, 1.54) is 15.3 Å². The molecule has 0 aliphatic rings. The van der Waals surface area contributed by atoms with Crippen molar-refractivity contribution in [3.63, 3.8) is 0 Å². The average Bonchev–Trinajstić information content (AvgIpc) is 2.59. The lowest BCUT2D eigenvalue weighted by atomic mass is 10.2. The number of hydrogen-bond donors (Lipinski definition) is 1. The number of halogens is 1. The Balaban J connectivity index is 2.60. The van der Waals surface area contributed by atoms with E-state index in [1.54, 1.807) is 0 Å². The van der Waals surface area contributed by atoms with E-state index in [4.69, 9.17) is 5.21 Å². The molecule has 4 heteroatoms. The molecule has 0 aliphatic carbocycles. The molecule has 0 fully saturated rings. The molecule has 0 unspecified atom stereocenters. The van der Waals surface area contributed by atoms with Gasteiger partial charge in [0.05, 0.1) is 6.21 Å². The van der Waals surface area contributed by atoms with E-state index in [0.717, 1.165) is 22.6 Å². The molecule has 18 heavy (non-hydrogen) atoms. The fourth-order valence-corrected chi connectivity index (χ4v) is 2.48. The highest BCUT2D eigenvalue weighted by Gasteiger charge is 2.10. The maximum atomic E-state index is 8.65. The van der Waals surface area contributed by atoms with Gasteiger partial charge in [0.1, 0.15) is 0 Å². The van der Waals surface area contributed by atoms with Crippen LogP contribution in [0, 0.1) is 24.3 Å². The number of nitrogens with zero attached hydrogens (tertiary/aromatic N) is 2. The summed E-state index contributed by atoms with van der Waals surface area (Å²) in [6.45, 7) is 6.18. The van der Waals surface area contributed by atoms with Gasteiger partial charge in [-0.15, -0.1) is 0 Å². The molecule has 2 rings (SSSR count). The summed E-state index contributed by atoms with van der Waals surface area (Å²) in [6, 6.07) is 8.41. The van der Waals surface area contributed by atoms with Gasteiger partial charge in [0, 0.05) is 26.2 Å². The lowest BCUT2D eigenvalue weighted by molar-refractivity contribution is 0.322. The molecule has 1 aromatic heterocycles. The zero-order chi connectivity index (χ0) is 13.3. The van der Waals surface area contributed by atoms with Crippen molar-refractivity contribution >= 4 is 28.8 Å². The monoisotopic (exact) mass is 354 g/mol. The SMILES string of the molecule is Cc1cc(-n2c(C)cc(C=NO)c2C)ccc1I. The minimum atomic E-state index is 0.936. The van der Waals surface area contributed by atoms with Gasteiger partial charge in [-0.2, -0.15) is 0 Å². The Bertz CT molecular complexity index is 614. The number of aromatic nitrogens is 1. The summed E-state index contributed by atoms with van der Waals surface area (Å²) < 4.78 is 3.43. The molecule has 1 N–H and O–H groups in total. The molecule has 0 aliphatic heterocycles. The Labute approximate surface area is 120 Å². The van der Waals surface area contributed by atoms with Crippen LogP contribution in [-0.2, 0) is 0 Å². The molecule has 0 saturated carbocycles. The van der Waals surface area contributed by atoms with E-state index in [2.05, 4.69) is 64.4 Å². The molecule has 0 bridgehead atoms. The molecular formula is C14H15IN2O. The summed E-state index contributed by atoms with van der Waals surface area (Å²) in [5, 5.41) is 11.8. The summed E-state index contributed by atoms with van der Waals surface area (Å²) in [6.07, 6.45) is 1.47. The third-order valence-electron chi connectivity index (χ3n) is 3.07. The van der Waals surface area contributed by atoms with Crippen LogP contribution >= 0.6 is 22.6 Å². The first kappa shape index (κ1) is 13.1. The molecule has 94 valence electrons. The summed E-state index contributed by atoms with van der Waals surface area (Å²) in [5.41, 5.74) is 5.54. The maximum absolute atomic E-state index is 8.65. The molecule has 0 saturated heterocycles. The largest absolute Gasteiger partial charge is 0.411 e. The first-order valence-electron chi connectivity index (χ1n) is 5.67. The van der Waals surface area contributed by atoms with Crippen molar-refractivity contribution in [2.24, 2.45) is 5.16 Å². The second-order valence-electron chi connectivity index (χ2n) is 4.34. The molecule has 2 aromatic rings. The van der Waals surface area contributed by atoms with Crippen LogP contribution in [0.2, 0.25) is 0 Å². The zero-order valence-electron chi connectivity index (χ0n) is 10.6. The number of rotatable bonds is 2. The van der Waals surface area contributed by atoms with Crippen molar-refractivity contribution in [3.8, 4) is 5.69 Å². The van der Waals surface area contributed by atoms with E-state index in [-0.39, 0.29) is 0 Å².